The van der Waals surface area contributed by atoms with Crippen molar-refractivity contribution in [3.05, 3.63) is 42.1 Å². The van der Waals surface area contributed by atoms with Crippen LogP contribution in [0, 0.1) is 0 Å². The molecule has 0 aliphatic heterocycles. The number of hydrogen-bond donors (Lipinski definition) is 1. The highest BCUT2D eigenvalue weighted by Gasteiger charge is 1.97. The van der Waals surface area contributed by atoms with Gasteiger partial charge in [-0.05, 0) is 30.7 Å². The molecule has 1 aromatic carbocycles. The van der Waals surface area contributed by atoms with E-state index in [0.29, 0.717) is 0 Å². The molecule has 1 N–H and O–H groups in total. The van der Waals surface area contributed by atoms with E-state index < -0.39 is 0 Å². The minimum atomic E-state index is 0.763. The van der Waals surface area contributed by atoms with Crippen molar-refractivity contribution >= 4 is 10.9 Å². The van der Waals surface area contributed by atoms with Gasteiger partial charge in [0.05, 0.1) is 12.1 Å². The Hall–Kier alpha value is -1.45. The molecule has 0 atom stereocenters. The van der Waals surface area contributed by atoms with Crippen molar-refractivity contribution in [2.75, 3.05) is 26.8 Å². The molecule has 2 aromatic rings. The summed E-state index contributed by atoms with van der Waals surface area (Å²) in [6, 6.07) is 10.5. The van der Waals surface area contributed by atoms with Gasteiger partial charge in [0.25, 0.3) is 0 Å². The summed E-state index contributed by atoms with van der Waals surface area (Å²) in [7, 11) is 1.72. The predicted molar refractivity (Wildman–Crippen MR) is 70.2 cm³/mol. The molecule has 0 aliphatic carbocycles. The van der Waals surface area contributed by atoms with E-state index >= 15 is 0 Å². The summed E-state index contributed by atoms with van der Waals surface area (Å²) in [6.45, 7) is 2.64. The van der Waals surface area contributed by atoms with Crippen LogP contribution in [0.4, 0.5) is 0 Å². The lowest BCUT2D eigenvalue weighted by Gasteiger charge is -2.05. The highest BCUT2D eigenvalue weighted by molar-refractivity contribution is 5.78. The van der Waals surface area contributed by atoms with E-state index in [-0.39, 0.29) is 0 Å². The fourth-order valence-corrected chi connectivity index (χ4v) is 1.80. The summed E-state index contributed by atoms with van der Waals surface area (Å²) in [4.78, 5) is 4.36. The second-order valence-electron chi connectivity index (χ2n) is 4.02. The van der Waals surface area contributed by atoms with Crippen molar-refractivity contribution in [1.82, 2.24) is 10.3 Å². The molecule has 90 valence electrons. The third kappa shape index (κ3) is 3.51. The Morgan fingerprint density at radius 1 is 1.24 bits per heavy atom. The van der Waals surface area contributed by atoms with Crippen LogP contribution in [-0.4, -0.2) is 31.8 Å². The third-order valence-corrected chi connectivity index (χ3v) is 2.74. The largest absolute Gasteiger partial charge is 0.383 e. The predicted octanol–water partition coefficient (Wildman–Crippen LogP) is 2.01. The normalized spacial score (nSPS) is 10.9. The summed E-state index contributed by atoms with van der Waals surface area (Å²) in [6.07, 6.45) is 2.86. The number of nitrogens with one attached hydrogen (secondary N) is 1. The molecule has 17 heavy (non-hydrogen) atoms. The molecule has 2 rings (SSSR count). The monoisotopic (exact) mass is 230 g/mol. The zero-order valence-electron chi connectivity index (χ0n) is 10.1. The SMILES string of the molecule is COCCNCCc1ccc2cccnc2c1. The van der Waals surface area contributed by atoms with Crippen LogP contribution in [0.3, 0.4) is 0 Å². The molecule has 3 heteroatoms. The van der Waals surface area contributed by atoms with E-state index in [9.17, 15) is 0 Å². The molecule has 0 radical (unpaired) electrons. The summed E-state index contributed by atoms with van der Waals surface area (Å²) in [5.41, 5.74) is 2.39. The van der Waals surface area contributed by atoms with Gasteiger partial charge in [-0.15, -0.1) is 0 Å². The van der Waals surface area contributed by atoms with Gasteiger partial charge in [0, 0.05) is 25.2 Å². The van der Waals surface area contributed by atoms with Crippen LogP contribution in [0.1, 0.15) is 5.56 Å². The van der Waals surface area contributed by atoms with E-state index in [0.717, 1.165) is 31.6 Å². The molecule has 0 aliphatic rings. The molecule has 0 bridgehead atoms. The van der Waals surface area contributed by atoms with Gasteiger partial charge in [-0.1, -0.05) is 18.2 Å². The second kappa shape index (κ2) is 6.33. The standard InChI is InChI=1S/C14H18N2O/c1-17-10-9-15-8-6-12-4-5-13-3-2-7-16-14(13)11-12/h2-5,7,11,15H,6,8-10H2,1H3. The van der Waals surface area contributed by atoms with Crippen molar-refractivity contribution in [2.24, 2.45) is 0 Å². The van der Waals surface area contributed by atoms with Crippen LogP contribution in [-0.2, 0) is 11.2 Å². The van der Waals surface area contributed by atoms with Crippen LogP contribution in [0.5, 0.6) is 0 Å². The molecular weight excluding hydrogens is 212 g/mol. The topological polar surface area (TPSA) is 34.1 Å². The molecule has 3 nitrogen and oxygen atoms in total. The van der Waals surface area contributed by atoms with Crippen LogP contribution in [0.15, 0.2) is 36.5 Å². The number of methoxy groups -OCH3 is 1. The number of fused-ring (bicyclic) bond motifs is 1. The highest BCUT2D eigenvalue weighted by Crippen LogP contribution is 2.13. The van der Waals surface area contributed by atoms with Gasteiger partial charge in [-0.25, -0.2) is 0 Å². The van der Waals surface area contributed by atoms with Gasteiger partial charge < -0.3 is 10.1 Å². The number of hydrogen-bond acceptors (Lipinski definition) is 3. The molecule has 0 unspecified atom stereocenters. The summed E-state index contributed by atoms with van der Waals surface area (Å²) in [5, 5.41) is 4.54. The fraction of sp³-hybridized carbons (Fsp3) is 0.357. The Morgan fingerprint density at radius 3 is 3.06 bits per heavy atom. The van der Waals surface area contributed by atoms with Gasteiger partial charge >= 0.3 is 0 Å². The number of nitrogens with zero attached hydrogens (tertiary/aromatic N) is 1. The van der Waals surface area contributed by atoms with Gasteiger partial charge in [0.15, 0.2) is 0 Å². The zero-order valence-corrected chi connectivity index (χ0v) is 10.1. The van der Waals surface area contributed by atoms with Crippen molar-refractivity contribution in [1.29, 1.82) is 0 Å². The first-order valence-corrected chi connectivity index (χ1v) is 5.93. The first-order valence-electron chi connectivity index (χ1n) is 5.93. The van der Waals surface area contributed by atoms with E-state index in [2.05, 4.69) is 34.6 Å². The van der Waals surface area contributed by atoms with Gasteiger partial charge in [-0.3, -0.25) is 4.98 Å². The molecule has 1 heterocycles. The van der Waals surface area contributed by atoms with Gasteiger partial charge in [0.2, 0.25) is 0 Å². The van der Waals surface area contributed by atoms with E-state index in [1.807, 2.05) is 12.3 Å². The minimum absolute atomic E-state index is 0.763. The van der Waals surface area contributed by atoms with Crippen LogP contribution in [0.2, 0.25) is 0 Å². The lowest BCUT2D eigenvalue weighted by Crippen LogP contribution is -2.21. The summed E-state index contributed by atoms with van der Waals surface area (Å²) < 4.78 is 4.98. The number of benzene rings is 1. The molecule has 0 spiro atoms. The Bertz CT molecular complexity index is 470. The number of rotatable bonds is 6. The number of ether oxygens (including phenoxy) is 1. The maximum absolute atomic E-state index is 4.98. The Morgan fingerprint density at radius 2 is 2.18 bits per heavy atom. The first-order chi connectivity index (χ1) is 8.40. The molecule has 0 saturated heterocycles. The van der Waals surface area contributed by atoms with E-state index in [4.69, 9.17) is 4.74 Å². The van der Waals surface area contributed by atoms with Crippen LogP contribution >= 0.6 is 0 Å². The lowest BCUT2D eigenvalue weighted by atomic mass is 10.1. The average molecular weight is 230 g/mol. The van der Waals surface area contributed by atoms with Gasteiger partial charge in [-0.2, -0.15) is 0 Å². The Balaban J connectivity index is 1.90. The third-order valence-electron chi connectivity index (χ3n) is 2.74. The van der Waals surface area contributed by atoms with Gasteiger partial charge in [0.1, 0.15) is 0 Å². The second-order valence-corrected chi connectivity index (χ2v) is 4.02. The van der Waals surface area contributed by atoms with Crippen molar-refractivity contribution in [3.8, 4) is 0 Å². The Labute approximate surface area is 102 Å². The van der Waals surface area contributed by atoms with Crippen molar-refractivity contribution < 1.29 is 4.74 Å². The quantitative estimate of drug-likeness (QED) is 0.771. The lowest BCUT2D eigenvalue weighted by molar-refractivity contribution is 0.199. The minimum Gasteiger partial charge on any atom is -0.383 e. The number of pyridine rings is 1. The molecule has 0 saturated carbocycles. The van der Waals surface area contributed by atoms with Crippen molar-refractivity contribution in [3.63, 3.8) is 0 Å². The molecule has 1 aromatic heterocycles. The van der Waals surface area contributed by atoms with Crippen LogP contribution in [0.25, 0.3) is 10.9 Å². The number of aromatic nitrogens is 1. The molecule has 0 amide bonds. The van der Waals surface area contributed by atoms with E-state index in [1.165, 1.54) is 10.9 Å². The highest BCUT2D eigenvalue weighted by atomic mass is 16.5. The van der Waals surface area contributed by atoms with E-state index in [1.54, 1.807) is 7.11 Å². The molecule has 0 fully saturated rings. The maximum Gasteiger partial charge on any atom is 0.0704 e. The first kappa shape index (κ1) is 12.0. The average Bonchev–Trinajstić information content (AvgIpc) is 2.38. The molecular formula is C14H18N2O. The fourth-order valence-electron chi connectivity index (χ4n) is 1.80. The zero-order chi connectivity index (χ0) is 11.9. The smallest absolute Gasteiger partial charge is 0.0704 e. The Kier molecular flexibility index (Phi) is 4.47. The summed E-state index contributed by atoms with van der Waals surface area (Å²) in [5.74, 6) is 0. The van der Waals surface area contributed by atoms with Crippen molar-refractivity contribution in [2.45, 2.75) is 6.42 Å². The van der Waals surface area contributed by atoms with Crippen LogP contribution < -0.4 is 5.32 Å². The summed E-state index contributed by atoms with van der Waals surface area (Å²) >= 11 is 0. The maximum atomic E-state index is 4.98.